The Hall–Kier alpha value is -2.14. The van der Waals surface area contributed by atoms with Crippen molar-refractivity contribution in [1.82, 2.24) is 0 Å². The van der Waals surface area contributed by atoms with Crippen LogP contribution >= 0.6 is 11.6 Å². The van der Waals surface area contributed by atoms with Crippen molar-refractivity contribution in [2.24, 2.45) is 0 Å². The van der Waals surface area contributed by atoms with Crippen LogP contribution in [0, 0.1) is 11.6 Å². The molecule has 0 unspecified atom stereocenters. The molecular formula is C15H11ClF2O3. The molecule has 0 aliphatic carbocycles. The monoisotopic (exact) mass is 312 g/mol. The van der Waals surface area contributed by atoms with Crippen LogP contribution in [0.3, 0.4) is 0 Å². The van der Waals surface area contributed by atoms with Crippen molar-refractivity contribution in [2.45, 2.75) is 0 Å². The highest BCUT2D eigenvalue weighted by Gasteiger charge is 2.17. The second kappa shape index (κ2) is 6.10. The van der Waals surface area contributed by atoms with E-state index in [0.717, 1.165) is 12.1 Å². The quantitative estimate of drug-likeness (QED) is 0.629. The van der Waals surface area contributed by atoms with Gasteiger partial charge in [0.2, 0.25) is 0 Å². The van der Waals surface area contributed by atoms with Crippen LogP contribution in [-0.4, -0.2) is 20.5 Å². The number of hydrogen-bond acceptors (Lipinski definition) is 3. The van der Waals surface area contributed by atoms with E-state index in [-0.39, 0.29) is 16.1 Å². The largest absolute Gasteiger partial charge is 0.493 e. The lowest BCUT2D eigenvalue weighted by atomic mass is 9.99. The summed E-state index contributed by atoms with van der Waals surface area (Å²) in [6.07, 6.45) is 0.578. The van der Waals surface area contributed by atoms with E-state index in [9.17, 15) is 13.6 Å². The lowest BCUT2D eigenvalue weighted by Gasteiger charge is -2.13. The number of ether oxygens (including phenoxy) is 2. The number of methoxy groups -OCH3 is 2. The fourth-order valence-corrected chi connectivity index (χ4v) is 2.21. The van der Waals surface area contributed by atoms with Crippen LogP contribution in [0.15, 0.2) is 24.3 Å². The van der Waals surface area contributed by atoms with Gasteiger partial charge in [0.1, 0.15) is 0 Å². The summed E-state index contributed by atoms with van der Waals surface area (Å²) in [6.45, 7) is 0. The minimum Gasteiger partial charge on any atom is -0.493 e. The Balaban J connectivity index is 2.73. The first-order valence-electron chi connectivity index (χ1n) is 5.88. The molecule has 2 aromatic rings. The molecule has 110 valence electrons. The minimum atomic E-state index is -1.06. The van der Waals surface area contributed by atoms with E-state index in [0.29, 0.717) is 23.3 Å². The molecule has 0 atom stereocenters. The van der Waals surface area contributed by atoms with Gasteiger partial charge in [-0.25, -0.2) is 8.78 Å². The molecule has 0 spiro atoms. The van der Waals surface area contributed by atoms with Gasteiger partial charge in [0.25, 0.3) is 0 Å². The normalized spacial score (nSPS) is 10.3. The van der Waals surface area contributed by atoms with Crippen molar-refractivity contribution in [3.8, 4) is 22.6 Å². The van der Waals surface area contributed by atoms with Crippen molar-refractivity contribution in [3.63, 3.8) is 0 Å². The second-order valence-electron chi connectivity index (χ2n) is 4.16. The van der Waals surface area contributed by atoms with Gasteiger partial charge in [-0.1, -0.05) is 11.6 Å². The van der Waals surface area contributed by atoms with E-state index in [1.807, 2.05) is 0 Å². The highest BCUT2D eigenvalue weighted by Crippen LogP contribution is 2.38. The zero-order valence-electron chi connectivity index (χ0n) is 11.2. The molecule has 0 amide bonds. The Labute approximate surface area is 125 Å². The highest BCUT2D eigenvalue weighted by atomic mass is 35.5. The Kier molecular flexibility index (Phi) is 4.43. The fraction of sp³-hybridized carbons (Fsp3) is 0.133. The summed E-state index contributed by atoms with van der Waals surface area (Å²) >= 11 is 5.94. The molecule has 0 bridgehead atoms. The molecule has 6 heteroatoms. The van der Waals surface area contributed by atoms with Gasteiger partial charge >= 0.3 is 0 Å². The van der Waals surface area contributed by atoms with Crippen LogP contribution in [-0.2, 0) is 0 Å². The highest BCUT2D eigenvalue weighted by molar-refractivity contribution is 6.33. The molecule has 0 aliphatic rings. The van der Waals surface area contributed by atoms with E-state index in [4.69, 9.17) is 21.1 Å². The molecule has 2 aromatic carbocycles. The maximum atomic E-state index is 13.4. The lowest BCUT2D eigenvalue weighted by molar-refractivity contribution is 0.112. The van der Waals surface area contributed by atoms with Crippen molar-refractivity contribution in [1.29, 1.82) is 0 Å². The molecule has 0 N–H and O–H groups in total. The molecule has 0 aromatic heterocycles. The van der Waals surface area contributed by atoms with Crippen LogP contribution in [0.2, 0.25) is 5.02 Å². The summed E-state index contributed by atoms with van der Waals surface area (Å²) in [7, 11) is 2.85. The molecule has 0 saturated carbocycles. The third-order valence-corrected chi connectivity index (χ3v) is 3.30. The van der Waals surface area contributed by atoms with Crippen molar-refractivity contribution >= 4 is 17.9 Å². The summed E-state index contributed by atoms with van der Waals surface area (Å²) in [4.78, 5) is 11.2. The van der Waals surface area contributed by atoms with Crippen molar-refractivity contribution in [3.05, 3.63) is 46.5 Å². The molecule has 0 heterocycles. The molecule has 0 radical (unpaired) electrons. The minimum absolute atomic E-state index is 0.00998. The van der Waals surface area contributed by atoms with Gasteiger partial charge in [-0.2, -0.15) is 0 Å². The van der Waals surface area contributed by atoms with E-state index < -0.39 is 11.6 Å². The standard InChI is InChI=1S/C15H11ClF2O3/c1-20-14-3-8(7-19)9(5-15(14)21-2)10-4-12(17)13(18)6-11(10)16/h3-7H,1-2H3. The van der Waals surface area contributed by atoms with Crippen molar-refractivity contribution in [2.75, 3.05) is 14.2 Å². The van der Waals surface area contributed by atoms with Gasteiger partial charge in [0.05, 0.1) is 19.2 Å². The molecule has 3 nitrogen and oxygen atoms in total. The van der Waals surface area contributed by atoms with Crippen molar-refractivity contribution < 1.29 is 23.0 Å². The van der Waals surface area contributed by atoms with E-state index >= 15 is 0 Å². The predicted molar refractivity (Wildman–Crippen MR) is 75.3 cm³/mol. The van der Waals surface area contributed by atoms with E-state index in [2.05, 4.69) is 0 Å². The van der Waals surface area contributed by atoms with Crippen LogP contribution in [0.4, 0.5) is 8.78 Å². The fourth-order valence-electron chi connectivity index (χ4n) is 1.95. The zero-order chi connectivity index (χ0) is 15.6. The average molecular weight is 313 g/mol. The molecular weight excluding hydrogens is 302 g/mol. The Morgan fingerprint density at radius 2 is 1.52 bits per heavy atom. The number of rotatable bonds is 4. The van der Waals surface area contributed by atoms with Gasteiger partial charge in [0.15, 0.2) is 29.4 Å². The summed E-state index contributed by atoms with van der Waals surface area (Å²) in [5.74, 6) is -1.42. The molecule has 0 fully saturated rings. The maximum Gasteiger partial charge on any atom is 0.161 e. The summed E-state index contributed by atoms with van der Waals surface area (Å²) < 4.78 is 36.8. The topological polar surface area (TPSA) is 35.5 Å². The zero-order valence-corrected chi connectivity index (χ0v) is 12.0. The van der Waals surface area contributed by atoms with Crippen LogP contribution in [0.1, 0.15) is 10.4 Å². The van der Waals surface area contributed by atoms with Gasteiger partial charge in [-0.05, 0) is 29.8 Å². The number of aldehydes is 1. The third kappa shape index (κ3) is 2.83. The van der Waals surface area contributed by atoms with E-state index in [1.54, 1.807) is 0 Å². The van der Waals surface area contributed by atoms with Gasteiger partial charge < -0.3 is 9.47 Å². The van der Waals surface area contributed by atoms with Gasteiger partial charge in [0, 0.05) is 11.1 Å². The Bertz CT molecular complexity index is 702. The van der Waals surface area contributed by atoms with Crippen LogP contribution in [0.5, 0.6) is 11.5 Å². The summed E-state index contributed by atoms with van der Waals surface area (Å²) in [5, 5.41) is -0.00998. The van der Waals surface area contributed by atoms with Gasteiger partial charge in [-0.3, -0.25) is 4.79 Å². The van der Waals surface area contributed by atoms with E-state index in [1.165, 1.54) is 26.4 Å². The predicted octanol–water partition coefficient (Wildman–Crippen LogP) is 4.11. The molecule has 0 saturated heterocycles. The average Bonchev–Trinajstić information content (AvgIpc) is 2.49. The lowest BCUT2D eigenvalue weighted by Crippen LogP contribution is -1.97. The number of halogens is 3. The Morgan fingerprint density at radius 1 is 0.952 bits per heavy atom. The first kappa shape index (κ1) is 15.3. The first-order chi connectivity index (χ1) is 10.0. The smallest absolute Gasteiger partial charge is 0.161 e. The second-order valence-corrected chi connectivity index (χ2v) is 4.57. The molecule has 2 rings (SSSR count). The maximum absolute atomic E-state index is 13.4. The number of carbonyl (C=O) groups is 1. The summed E-state index contributed by atoms with van der Waals surface area (Å²) in [5.41, 5.74) is 0.741. The number of hydrogen-bond donors (Lipinski definition) is 0. The van der Waals surface area contributed by atoms with Gasteiger partial charge in [-0.15, -0.1) is 0 Å². The SMILES string of the molecule is COc1cc(C=O)c(-c2cc(F)c(F)cc2Cl)cc1OC. The Morgan fingerprint density at radius 3 is 2.10 bits per heavy atom. The first-order valence-corrected chi connectivity index (χ1v) is 6.25. The summed E-state index contributed by atoms with van der Waals surface area (Å²) in [6, 6.07) is 4.73. The van der Waals surface area contributed by atoms with Crippen LogP contribution in [0.25, 0.3) is 11.1 Å². The van der Waals surface area contributed by atoms with Crippen LogP contribution < -0.4 is 9.47 Å². The third-order valence-electron chi connectivity index (χ3n) is 2.98. The molecule has 21 heavy (non-hydrogen) atoms. The molecule has 0 aliphatic heterocycles. The number of carbonyl (C=O) groups excluding carboxylic acids is 1. The number of benzene rings is 2.